The highest BCUT2D eigenvalue weighted by Gasteiger charge is 2.18. The first-order chi connectivity index (χ1) is 13.2. The van der Waals surface area contributed by atoms with E-state index in [2.05, 4.69) is 30.4 Å². The average molecular weight is 355 g/mol. The molecule has 0 aliphatic rings. The number of nitrogens with two attached hydrogens (primary N) is 1. The number of nitrogens with one attached hydrogen (secondary N) is 2. The first kappa shape index (κ1) is 15.2. The first-order valence-corrected chi connectivity index (χ1v) is 8.24. The summed E-state index contributed by atoms with van der Waals surface area (Å²) in [5, 5.41) is 16.4. The highest BCUT2D eigenvalue weighted by molar-refractivity contribution is 6.09. The Morgan fingerprint density at radius 1 is 1.04 bits per heavy atom. The fraction of sp³-hybridized carbons (Fsp3) is 0. The molecule has 0 fully saturated rings. The molecule has 0 bridgehead atoms. The molecule has 0 spiro atoms. The molecule has 3 aromatic heterocycles. The number of rotatable bonds is 2. The molecule has 27 heavy (non-hydrogen) atoms. The second-order valence-electron chi connectivity index (χ2n) is 6.09. The van der Waals surface area contributed by atoms with E-state index in [1.165, 1.54) is 6.33 Å². The van der Waals surface area contributed by atoms with Crippen LogP contribution >= 0.6 is 0 Å². The van der Waals surface area contributed by atoms with Crippen LogP contribution in [0.3, 0.4) is 0 Å². The summed E-state index contributed by atoms with van der Waals surface area (Å²) in [6, 6.07) is 11.3. The third-order valence-corrected chi connectivity index (χ3v) is 4.58. The van der Waals surface area contributed by atoms with Gasteiger partial charge < -0.3 is 10.7 Å². The molecule has 0 saturated carbocycles. The van der Waals surface area contributed by atoms with E-state index in [4.69, 9.17) is 5.73 Å². The van der Waals surface area contributed by atoms with Crippen LogP contribution in [-0.2, 0) is 0 Å². The SMILES string of the molecule is Nc1c(-c2cccc3[nH]ncc23)cc(-c2cccnn2)c2nc[nH]c(=O)c12. The van der Waals surface area contributed by atoms with Crippen LogP contribution in [0.15, 0.2) is 59.9 Å². The lowest BCUT2D eigenvalue weighted by molar-refractivity contribution is 1.04. The van der Waals surface area contributed by atoms with Gasteiger partial charge in [0.2, 0.25) is 0 Å². The lowest BCUT2D eigenvalue weighted by Crippen LogP contribution is -2.10. The Hall–Kier alpha value is -4.07. The number of nitrogens with zero attached hydrogens (tertiary/aromatic N) is 4. The van der Waals surface area contributed by atoms with E-state index in [-0.39, 0.29) is 5.56 Å². The molecule has 0 saturated heterocycles. The van der Waals surface area contributed by atoms with Gasteiger partial charge in [0.15, 0.2) is 0 Å². The van der Waals surface area contributed by atoms with E-state index in [0.29, 0.717) is 33.4 Å². The smallest absolute Gasteiger partial charge is 0.260 e. The number of aromatic nitrogens is 6. The quantitative estimate of drug-likeness (QED) is 0.418. The van der Waals surface area contributed by atoms with Crippen LogP contribution in [0, 0.1) is 0 Å². The van der Waals surface area contributed by atoms with Crippen molar-refractivity contribution in [2.45, 2.75) is 0 Å². The summed E-state index contributed by atoms with van der Waals surface area (Å²) in [6.45, 7) is 0. The Bertz CT molecular complexity index is 1360. The summed E-state index contributed by atoms with van der Waals surface area (Å²) < 4.78 is 0. The van der Waals surface area contributed by atoms with Crippen LogP contribution in [0.2, 0.25) is 0 Å². The van der Waals surface area contributed by atoms with Gasteiger partial charge in [-0.2, -0.15) is 15.3 Å². The maximum Gasteiger partial charge on any atom is 0.260 e. The van der Waals surface area contributed by atoms with Crippen molar-refractivity contribution in [3.8, 4) is 22.4 Å². The minimum absolute atomic E-state index is 0.302. The molecule has 5 aromatic rings. The van der Waals surface area contributed by atoms with Crippen molar-refractivity contribution in [2.75, 3.05) is 5.73 Å². The fourth-order valence-electron chi connectivity index (χ4n) is 3.35. The summed E-state index contributed by atoms with van der Waals surface area (Å²) in [5.41, 5.74) is 10.7. The standard InChI is InChI=1S/C19H13N7O/c20-17-11(10-3-1-4-15-13(10)8-24-26-15)7-12(14-5-2-6-23-25-14)18-16(17)19(27)22-9-21-18/h1-9H,20H2,(H,24,26)(H,21,22,27). The van der Waals surface area contributed by atoms with Gasteiger partial charge in [-0.05, 0) is 29.8 Å². The highest BCUT2D eigenvalue weighted by Crippen LogP contribution is 2.38. The number of anilines is 1. The lowest BCUT2D eigenvalue weighted by Gasteiger charge is -2.13. The summed E-state index contributed by atoms with van der Waals surface area (Å²) in [5.74, 6) is 0. The summed E-state index contributed by atoms with van der Waals surface area (Å²) in [4.78, 5) is 19.5. The van der Waals surface area contributed by atoms with E-state index in [1.54, 1.807) is 18.5 Å². The number of hydrogen-bond donors (Lipinski definition) is 3. The average Bonchev–Trinajstić information content (AvgIpc) is 3.18. The maximum atomic E-state index is 12.6. The van der Waals surface area contributed by atoms with E-state index < -0.39 is 0 Å². The van der Waals surface area contributed by atoms with Crippen LogP contribution in [0.5, 0.6) is 0 Å². The first-order valence-electron chi connectivity index (χ1n) is 8.24. The Labute approximate surface area is 152 Å². The Kier molecular flexibility index (Phi) is 3.23. The van der Waals surface area contributed by atoms with Crippen LogP contribution in [0.4, 0.5) is 5.69 Å². The molecule has 0 aliphatic heterocycles. The third-order valence-electron chi connectivity index (χ3n) is 4.58. The van der Waals surface area contributed by atoms with Gasteiger partial charge in [-0.15, -0.1) is 0 Å². The van der Waals surface area contributed by atoms with Crippen molar-refractivity contribution in [1.82, 2.24) is 30.4 Å². The molecule has 130 valence electrons. The Morgan fingerprint density at radius 2 is 1.96 bits per heavy atom. The van der Waals surface area contributed by atoms with Crippen molar-refractivity contribution >= 4 is 27.5 Å². The number of nitrogen functional groups attached to an aromatic ring is 1. The molecular formula is C19H13N7O. The second kappa shape index (κ2) is 5.73. The molecule has 0 amide bonds. The minimum atomic E-state index is -0.302. The van der Waals surface area contributed by atoms with Crippen LogP contribution in [0.1, 0.15) is 0 Å². The molecule has 0 aliphatic carbocycles. The predicted molar refractivity (Wildman–Crippen MR) is 103 cm³/mol. The van der Waals surface area contributed by atoms with E-state index in [1.807, 2.05) is 30.3 Å². The Morgan fingerprint density at radius 3 is 2.81 bits per heavy atom. The fourth-order valence-corrected chi connectivity index (χ4v) is 3.35. The van der Waals surface area contributed by atoms with Crippen molar-refractivity contribution in [1.29, 1.82) is 0 Å². The number of aromatic amines is 2. The molecule has 2 aromatic carbocycles. The molecule has 3 heterocycles. The third kappa shape index (κ3) is 2.27. The van der Waals surface area contributed by atoms with E-state index >= 15 is 0 Å². The van der Waals surface area contributed by atoms with Gasteiger partial charge in [-0.1, -0.05) is 12.1 Å². The van der Waals surface area contributed by atoms with Crippen LogP contribution < -0.4 is 11.3 Å². The zero-order valence-electron chi connectivity index (χ0n) is 14.0. The molecule has 8 heteroatoms. The van der Waals surface area contributed by atoms with Gasteiger partial charge in [0.1, 0.15) is 0 Å². The summed E-state index contributed by atoms with van der Waals surface area (Å²) >= 11 is 0. The number of hydrogen-bond acceptors (Lipinski definition) is 6. The van der Waals surface area contributed by atoms with Crippen LogP contribution in [-0.4, -0.2) is 30.4 Å². The van der Waals surface area contributed by atoms with Gasteiger partial charge in [0.05, 0.1) is 40.3 Å². The zero-order valence-corrected chi connectivity index (χ0v) is 14.0. The topological polar surface area (TPSA) is 126 Å². The van der Waals surface area contributed by atoms with Gasteiger partial charge in [-0.25, -0.2) is 4.98 Å². The lowest BCUT2D eigenvalue weighted by atomic mass is 9.94. The monoisotopic (exact) mass is 355 g/mol. The second-order valence-corrected chi connectivity index (χ2v) is 6.09. The van der Waals surface area contributed by atoms with Gasteiger partial charge in [0, 0.05) is 22.7 Å². The molecule has 4 N–H and O–H groups in total. The normalized spacial score (nSPS) is 11.3. The van der Waals surface area contributed by atoms with Gasteiger partial charge >= 0.3 is 0 Å². The summed E-state index contributed by atoms with van der Waals surface area (Å²) in [7, 11) is 0. The Balaban J connectivity index is 1.95. The number of fused-ring (bicyclic) bond motifs is 2. The van der Waals surface area contributed by atoms with E-state index in [9.17, 15) is 4.79 Å². The summed E-state index contributed by atoms with van der Waals surface area (Å²) in [6.07, 6.45) is 4.70. The molecule has 5 rings (SSSR count). The minimum Gasteiger partial charge on any atom is -0.398 e. The molecule has 0 radical (unpaired) electrons. The van der Waals surface area contributed by atoms with E-state index in [0.717, 1.165) is 16.5 Å². The van der Waals surface area contributed by atoms with Crippen molar-refractivity contribution < 1.29 is 0 Å². The number of H-pyrrole nitrogens is 2. The number of benzene rings is 2. The van der Waals surface area contributed by atoms with Crippen molar-refractivity contribution in [3.05, 3.63) is 65.5 Å². The largest absolute Gasteiger partial charge is 0.398 e. The zero-order chi connectivity index (χ0) is 18.4. The molecule has 0 atom stereocenters. The van der Waals surface area contributed by atoms with Crippen LogP contribution in [0.25, 0.3) is 44.2 Å². The predicted octanol–water partition coefficient (Wildman–Crippen LogP) is 2.51. The van der Waals surface area contributed by atoms with Gasteiger partial charge in [-0.3, -0.25) is 9.89 Å². The van der Waals surface area contributed by atoms with Gasteiger partial charge in [0.25, 0.3) is 5.56 Å². The molecule has 0 unspecified atom stereocenters. The molecule has 8 nitrogen and oxygen atoms in total. The van der Waals surface area contributed by atoms with Crippen molar-refractivity contribution in [2.24, 2.45) is 0 Å². The maximum absolute atomic E-state index is 12.6. The molecular weight excluding hydrogens is 342 g/mol. The van der Waals surface area contributed by atoms with Crippen molar-refractivity contribution in [3.63, 3.8) is 0 Å². The highest BCUT2D eigenvalue weighted by atomic mass is 16.1.